The van der Waals surface area contributed by atoms with Crippen LogP contribution in [0.4, 0.5) is 13.2 Å². The van der Waals surface area contributed by atoms with Crippen LogP contribution < -0.4 is 15.8 Å². The van der Waals surface area contributed by atoms with Gasteiger partial charge in [-0.2, -0.15) is 13.5 Å². The van der Waals surface area contributed by atoms with Crippen molar-refractivity contribution in [3.63, 3.8) is 0 Å². The van der Waals surface area contributed by atoms with Gasteiger partial charge in [-0.25, -0.2) is 9.18 Å². The number of ether oxygens (including phenoxy) is 2. The first-order chi connectivity index (χ1) is 15.8. The number of hydrogen-bond acceptors (Lipinski definition) is 7. The summed E-state index contributed by atoms with van der Waals surface area (Å²) in [4.78, 5) is 35.6. The minimum absolute atomic E-state index is 0.0284. The van der Waals surface area contributed by atoms with Crippen LogP contribution in [-0.4, -0.2) is 41.4 Å². The van der Waals surface area contributed by atoms with Gasteiger partial charge in [0.25, 0.3) is 5.91 Å². The van der Waals surface area contributed by atoms with E-state index in [1.807, 2.05) is 0 Å². The van der Waals surface area contributed by atoms with Crippen molar-refractivity contribution < 1.29 is 36.7 Å². The lowest BCUT2D eigenvalue weighted by Gasteiger charge is -2.08. The summed E-state index contributed by atoms with van der Waals surface area (Å²) in [6, 6.07) is 11.0. The first kappa shape index (κ1) is 23.6. The predicted octanol–water partition coefficient (Wildman–Crippen LogP) is 2.15. The molecule has 1 N–H and O–H groups in total. The molecule has 0 saturated heterocycles. The Hall–Kier alpha value is -4.09. The predicted molar refractivity (Wildman–Crippen MR) is 107 cm³/mol. The molecule has 0 radical (unpaired) electrons. The summed E-state index contributed by atoms with van der Waals surface area (Å²) < 4.78 is 52.0. The number of alkyl halides is 2. The Morgan fingerprint density at radius 2 is 1.79 bits per heavy atom. The van der Waals surface area contributed by atoms with E-state index in [2.05, 4.69) is 15.2 Å². The summed E-state index contributed by atoms with van der Waals surface area (Å²) in [5.41, 5.74) is 1.12. The zero-order valence-corrected chi connectivity index (χ0v) is 17.0. The zero-order chi connectivity index (χ0) is 23.8. The second-order valence-electron chi connectivity index (χ2n) is 6.62. The number of nitrogens with zero attached hydrogens (tertiary/aromatic N) is 2. The van der Waals surface area contributed by atoms with Gasteiger partial charge in [-0.05, 0) is 48.4 Å². The molecule has 1 aromatic heterocycles. The fourth-order valence-corrected chi connectivity index (χ4v) is 2.66. The number of hydrogen-bond donors (Lipinski definition) is 1. The highest BCUT2D eigenvalue weighted by atomic mass is 19.3. The third-order valence-electron chi connectivity index (χ3n) is 4.22. The van der Waals surface area contributed by atoms with E-state index in [4.69, 9.17) is 9.15 Å². The fraction of sp³-hybridized carbons (Fsp3) is 0.238. The van der Waals surface area contributed by atoms with Crippen molar-refractivity contribution in [2.75, 3.05) is 13.2 Å². The molecule has 9 nitrogen and oxygen atoms in total. The summed E-state index contributed by atoms with van der Waals surface area (Å²) in [6.45, 7) is -3.84. The van der Waals surface area contributed by atoms with Gasteiger partial charge in [0.05, 0.1) is 0 Å². The first-order valence-electron chi connectivity index (χ1n) is 9.60. The van der Waals surface area contributed by atoms with Crippen LogP contribution in [0.3, 0.4) is 0 Å². The number of benzene rings is 2. The molecule has 0 aliphatic rings. The standard InChI is InChI=1S/C21H18F3N3O6/c22-15-5-3-14(4-6-15)19-26-27(21(30)33-19)11-18(29)31-12-17(28)25-10-9-13-1-7-16(8-2-13)32-20(23)24/h1-8,20H,9-12H2,(H,25,28). The van der Waals surface area contributed by atoms with Crippen molar-refractivity contribution in [1.29, 1.82) is 0 Å². The van der Waals surface area contributed by atoms with Gasteiger partial charge in [-0.3, -0.25) is 9.59 Å². The van der Waals surface area contributed by atoms with Gasteiger partial charge in [0, 0.05) is 12.1 Å². The number of nitrogens with one attached hydrogen (secondary N) is 1. The Kier molecular flexibility index (Phi) is 7.84. The number of halogens is 3. The number of carbonyl (C=O) groups excluding carboxylic acids is 2. The van der Waals surface area contributed by atoms with Crippen LogP contribution in [-0.2, 0) is 27.3 Å². The summed E-state index contributed by atoms with van der Waals surface area (Å²) in [5.74, 6) is -2.91. The molecular weight excluding hydrogens is 447 g/mol. The third-order valence-corrected chi connectivity index (χ3v) is 4.22. The van der Waals surface area contributed by atoms with Crippen LogP contribution in [0.2, 0.25) is 0 Å². The topological polar surface area (TPSA) is 113 Å². The summed E-state index contributed by atoms with van der Waals surface area (Å²) in [6.07, 6.45) is 0.412. The van der Waals surface area contributed by atoms with E-state index in [0.717, 1.165) is 22.4 Å². The van der Waals surface area contributed by atoms with Crippen molar-refractivity contribution in [2.24, 2.45) is 0 Å². The number of aromatic nitrogens is 2. The minimum Gasteiger partial charge on any atom is -0.454 e. The van der Waals surface area contributed by atoms with Crippen molar-refractivity contribution in [1.82, 2.24) is 15.1 Å². The van der Waals surface area contributed by atoms with Crippen LogP contribution in [0, 0.1) is 5.82 Å². The number of amides is 1. The van der Waals surface area contributed by atoms with Crippen molar-refractivity contribution >= 4 is 11.9 Å². The van der Waals surface area contributed by atoms with Gasteiger partial charge in [-0.15, -0.1) is 5.10 Å². The van der Waals surface area contributed by atoms with Gasteiger partial charge < -0.3 is 19.2 Å². The van der Waals surface area contributed by atoms with Crippen LogP contribution in [0.1, 0.15) is 5.56 Å². The quantitative estimate of drug-likeness (QED) is 0.457. The molecule has 12 heteroatoms. The Bertz CT molecular complexity index is 1140. The lowest BCUT2D eigenvalue weighted by Crippen LogP contribution is -2.32. The second-order valence-corrected chi connectivity index (χ2v) is 6.62. The van der Waals surface area contributed by atoms with Crippen molar-refractivity contribution in [3.8, 4) is 17.2 Å². The van der Waals surface area contributed by atoms with Gasteiger partial charge in [0.2, 0.25) is 5.89 Å². The average Bonchev–Trinajstić information content (AvgIpc) is 3.13. The third kappa shape index (κ3) is 7.23. The molecule has 2 aromatic carbocycles. The maximum absolute atomic E-state index is 13.0. The minimum atomic E-state index is -2.90. The summed E-state index contributed by atoms with van der Waals surface area (Å²) >= 11 is 0. The van der Waals surface area contributed by atoms with Gasteiger partial charge in [0.15, 0.2) is 6.61 Å². The molecule has 0 aliphatic heterocycles. The Morgan fingerprint density at radius 3 is 2.45 bits per heavy atom. The lowest BCUT2D eigenvalue weighted by atomic mass is 10.1. The number of rotatable bonds is 10. The highest BCUT2D eigenvalue weighted by molar-refractivity contribution is 5.80. The Labute approximate surface area is 184 Å². The largest absolute Gasteiger partial charge is 0.454 e. The summed E-state index contributed by atoms with van der Waals surface area (Å²) in [7, 11) is 0. The SMILES string of the molecule is O=C(COC(=O)Cn1nc(-c2ccc(F)cc2)oc1=O)NCCc1ccc(OC(F)F)cc1. The van der Waals surface area contributed by atoms with E-state index in [0.29, 0.717) is 12.0 Å². The molecule has 1 heterocycles. The van der Waals surface area contributed by atoms with Crippen molar-refractivity contribution in [3.05, 3.63) is 70.5 Å². The van der Waals surface area contributed by atoms with E-state index in [-0.39, 0.29) is 18.2 Å². The Balaban J connectivity index is 1.40. The normalized spacial score (nSPS) is 10.8. The zero-order valence-electron chi connectivity index (χ0n) is 17.0. The summed E-state index contributed by atoms with van der Waals surface area (Å²) in [5, 5.41) is 6.38. The molecule has 3 rings (SSSR count). The van der Waals surface area contributed by atoms with Crippen LogP contribution in [0.25, 0.3) is 11.5 Å². The molecular formula is C21H18F3N3O6. The van der Waals surface area contributed by atoms with E-state index in [1.165, 1.54) is 24.3 Å². The molecule has 1 amide bonds. The highest BCUT2D eigenvalue weighted by Gasteiger charge is 2.15. The molecule has 0 saturated carbocycles. The fourth-order valence-electron chi connectivity index (χ4n) is 2.66. The molecule has 0 atom stereocenters. The van der Waals surface area contributed by atoms with E-state index in [1.54, 1.807) is 12.1 Å². The smallest absolute Gasteiger partial charge is 0.437 e. The van der Waals surface area contributed by atoms with Crippen molar-refractivity contribution in [2.45, 2.75) is 19.6 Å². The van der Waals surface area contributed by atoms with Crippen LogP contribution in [0.5, 0.6) is 5.75 Å². The molecule has 0 spiro atoms. The van der Waals surface area contributed by atoms with Gasteiger partial charge in [0.1, 0.15) is 18.1 Å². The van der Waals surface area contributed by atoms with Gasteiger partial charge >= 0.3 is 18.3 Å². The average molecular weight is 465 g/mol. The van der Waals surface area contributed by atoms with Gasteiger partial charge in [-0.1, -0.05) is 12.1 Å². The molecule has 0 bridgehead atoms. The highest BCUT2D eigenvalue weighted by Crippen LogP contribution is 2.16. The van der Waals surface area contributed by atoms with E-state index >= 15 is 0 Å². The Morgan fingerprint density at radius 1 is 1.09 bits per heavy atom. The molecule has 33 heavy (non-hydrogen) atoms. The molecule has 0 fully saturated rings. The van der Waals surface area contributed by atoms with E-state index < -0.39 is 43.2 Å². The molecule has 0 aliphatic carbocycles. The number of esters is 1. The lowest BCUT2D eigenvalue weighted by molar-refractivity contribution is -0.149. The molecule has 3 aromatic rings. The van der Waals surface area contributed by atoms with Crippen LogP contribution >= 0.6 is 0 Å². The maximum Gasteiger partial charge on any atom is 0.437 e. The molecule has 0 unspecified atom stereocenters. The maximum atomic E-state index is 13.0. The number of carbonyl (C=O) groups is 2. The first-order valence-corrected chi connectivity index (χ1v) is 9.60. The molecule has 174 valence electrons. The second kappa shape index (κ2) is 11.0. The van der Waals surface area contributed by atoms with Crippen LogP contribution in [0.15, 0.2) is 57.7 Å². The monoisotopic (exact) mass is 465 g/mol. The van der Waals surface area contributed by atoms with E-state index in [9.17, 15) is 27.6 Å².